The van der Waals surface area contributed by atoms with E-state index in [0.717, 1.165) is 16.3 Å². The Hall–Kier alpha value is -0.860. The van der Waals surface area contributed by atoms with E-state index in [4.69, 9.17) is 11.6 Å². The van der Waals surface area contributed by atoms with Gasteiger partial charge in [0.1, 0.15) is 0 Å². The number of ketones is 1. The van der Waals surface area contributed by atoms with Crippen LogP contribution in [0.4, 0.5) is 0 Å². The number of hydrogen-bond acceptors (Lipinski definition) is 1. The Morgan fingerprint density at radius 1 is 1.31 bits per heavy atom. The molecule has 0 aromatic heterocycles. The van der Waals surface area contributed by atoms with Gasteiger partial charge in [0.25, 0.3) is 0 Å². The molecule has 1 nitrogen and oxygen atoms in total. The van der Waals surface area contributed by atoms with Gasteiger partial charge in [0.05, 0.1) is 4.83 Å². The fraction of sp³-hybridized carbons (Fsp3) is 0.154. The van der Waals surface area contributed by atoms with Crippen molar-refractivity contribution in [2.45, 2.75) is 11.8 Å². The Bertz CT molecular complexity index is 549. The lowest BCUT2D eigenvalue weighted by molar-refractivity contribution is 0.0997. The Labute approximate surface area is 108 Å². The second-order valence-electron chi connectivity index (χ2n) is 3.65. The van der Waals surface area contributed by atoms with E-state index in [0.29, 0.717) is 5.02 Å². The van der Waals surface area contributed by atoms with Crippen molar-refractivity contribution < 1.29 is 4.79 Å². The third kappa shape index (κ3) is 2.13. The van der Waals surface area contributed by atoms with Crippen molar-refractivity contribution in [3.63, 3.8) is 0 Å². The average Bonchev–Trinajstić information content (AvgIpc) is 2.26. The van der Waals surface area contributed by atoms with Crippen molar-refractivity contribution in [1.29, 1.82) is 0 Å². The molecule has 0 heterocycles. The van der Waals surface area contributed by atoms with Crippen LogP contribution in [0.25, 0.3) is 10.8 Å². The predicted molar refractivity (Wildman–Crippen MR) is 71.7 cm³/mol. The van der Waals surface area contributed by atoms with E-state index < -0.39 is 0 Å². The zero-order chi connectivity index (χ0) is 11.7. The van der Waals surface area contributed by atoms with Gasteiger partial charge >= 0.3 is 0 Å². The molecule has 0 saturated heterocycles. The normalized spacial score (nSPS) is 12.7. The van der Waals surface area contributed by atoms with Crippen LogP contribution in [0, 0.1) is 0 Å². The van der Waals surface area contributed by atoms with Crippen LogP contribution in [0.15, 0.2) is 36.4 Å². The van der Waals surface area contributed by atoms with Gasteiger partial charge in [0.15, 0.2) is 5.78 Å². The van der Waals surface area contributed by atoms with Gasteiger partial charge in [-0.05, 0) is 29.8 Å². The largest absolute Gasteiger partial charge is 0.293 e. The molecule has 16 heavy (non-hydrogen) atoms. The number of benzene rings is 2. The van der Waals surface area contributed by atoms with Crippen LogP contribution >= 0.6 is 27.5 Å². The molecule has 3 heteroatoms. The van der Waals surface area contributed by atoms with E-state index >= 15 is 0 Å². The molecular formula is C13H10BrClO. The summed E-state index contributed by atoms with van der Waals surface area (Å²) in [5.74, 6) is 0.0907. The molecule has 1 atom stereocenters. The molecule has 2 rings (SSSR count). The second-order valence-corrected chi connectivity index (χ2v) is 5.46. The number of carbonyl (C=O) groups is 1. The van der Waals surface area contributed by atoms with Crippen molar-refractivity contribution in [3.8, 4) is 0 Å². The van der Waals surface area contributed by atoms with E-state index in [9.17, 15) is 4.79 Å². The van der Waals surface area contributed by atoms with Crippen LogP contribution < -0.4 is 0 Å². The number of hydrogen-bond donors (Lipinski definition) is 0. The van der Waals surface area contributed by atoms with Gasteiger partial charge in [-0.1, -0.05) is 51.8 Å². The lowest BCUT2D eigenvalue weighted by Gasteiger charge is -2.07. The summed E-state index contributed by atoms with van der Waals surface area (Å²) < 4.78 is 0. The maximum absolute atomic E-state index is 12.0. The number of rotatable bonds is 2. The van der Waals surface area contributed by atoms with Gasteiger partial charge in [-0.15, -0.1) is 0 Å². The Morgan fingerprint density at radius 3 is 2.75 bits per heavy atom. The van der Waals surface area contributed by atoms with Crippen LogP contribution in [0.3, 0.4) is 0 Å². The molecule has 2 aromatic rings. The number of fused-ring (bicyclic) bond motifs is 1. The first kappa shape index (κ1) is 11.6. The van der Waals surface area contributed by atoms with E-state index in [1.165, 1.54) is 0 Å². The number of Topliss-reactive ketones (excluding diaryl/α,β-unsaturated/α-hetero) is 1. The van der Waals surface area contributed by atoms with E-state index in [1.54, 1.807) is 6.07 Å². The monoisotopic (exact) mass is 296 g/mol. The highest BCUT2D eigenvalue weighted by atomic mass is 79.9. The van der Waals surface area contributed by atoms with Crippen molar-refractivity contribution in [1.82, 2.24) is 0 Å². The van der Waals surface area contributed by atoms with Gasteiger partial charge in [-0.25, -0.2) is 0 Å². The summed E-state index contributed by atoms with van der Waals surface area (Å²) in [7, 11) is 0. The van der Waals surface area contributed by atoms with Crippen LogP contribution in [0.5, 0.6) is 0 Å². The SMILES string of the molecule is CC(Br)C(=O)c1cccc2cc(Cl)ccc12. The average molecular weight is 298 g/mol. The molecule has 0 fully saturated rings. The Balaban J connectivity index is 2.67. The van der Waals surface area contributed by atoms with Crippen molar-refractivity contribution in [2.24, 2.45) is 0 Å². The lowest BCUT2D eigenvalue weighted by atomic mass is 10.0. The topological polar surface area (TPSA) is 17.1 Å². The molecule has 0 saturated carbocycles. The molecule has 0 aliphatic rings. The van der Waals surface area contributed by atoms with Crippen LogP contribution in [-0.2, 0) is 0 Å². The molecule has 0 N–H and O–H groups in total. The zero-order valence-corrected chi connectivity index (χ0v) is 11.0. The predicted octanol–water partition coefficient (Wildman–Crippen LogP) is 4.46. The van der Waals surface area contributed by atoms with Gasteiger partial charge in [-0.3, -0.25) is 4.79 Å². The van der Waals surface area contributed by atoms with E-state index in [2.05, 4.69) is 15.9 Å². The summed E-state index contributed by atoms with van der Waals surface area (Å²) >= 11 is 9.22. The summed E-state index contributed by atoms with van der Waals surface area (Å²) in [6.45, 7) is 1.83. The first-order valence-electron chi connectivity index (χ1n) is 4.96. The highest BCUT2D eigenvalue weighted by Gasteiger charge is 2.14. The van der Waals surface area contributed by atoms with Gasteiger partial charge in [0.2, 0.25) is 0 Å². The molecule has 0 amide bonds. The van der Waals surface area contributed by atoms with Crippen molar-refractivity contribution >= 4 is 44.1 Å². The first-order valence-corrected chi connectivity index (χ1v) is 6.25. The van der Waals surface area contributed by atoms with Crippen LogP contribution in [-0.4, -0.2) is 10.6 Å². The first-order chi connectivity index (χ1) is 7.59. The lowest BCUT2D eigenvalue weighted by Crippen LogP contribution is -2.10. The zero-order valence-electron chi connectivity index (χ0n) is 8.71. The molecule has 0 aliphatic heterocycles. The Kier molecular flexibility index (Phi) is 3.31. The molecule has 1 unspecified atom stereocenters. The number of halogens is 2. The quantitative estimate of drug-likeness (QED) is 0.591. The molecule has 0 radical (unpaired) electrons. The molecule has 2 aromatic carbocycles. The van der Waals surface area contributed by atoms with Gasteiger partial charge < -0.3 is 0 Å². The molecule has 82 valence electrons. The summed E-state index contributed by atoms with van der Waals surface area (Å²) in [5.41, 5.74) is 0.735. The highest BCUT2D eigenvalue weighted by molar-refractivity contribution is 9.10. The second kappa shape index (κ2) is 4.56. The third-order valence-electron chi connectivity index (χ3n) is 2.47. The minimum atomic E-state index is -0.172. The molecule has 0 bridgehead atoms. The maximum Gasteiger partial charge on any atom is 0.176 e. The summed E-state index contributed by atoms with van der Waals surface area (Å²) in [5, 5.41) is 2.62. The molecular weight excluding hydrogens is 287 g/mol. The van der Waals surface area contributed by atoms with Gasteiger partial charge in [0, 0.05) is 10.6 Å². The minimum absolute atomic E-state index is 0.0907. The fourth-order valence-corrected chi connectivity index (χ4v) is 2.11. The van der Waals surface area contributed by atoms with Crippen molar-refractivity contribution in [2.75, 3.05) is 0 Å². The highest BCUT2D eigenvalue weighted by Crippen LogP contribution is 2.24. The molecule has 0 aliphatic carbocycles. The van der Waals surface area contributed by atoms with Gasteiger partial charge in [-0.2, -0.15) is 0 Å². The Morgan fingerprint density at radius 2 is 2.06 bits per heavy atom. The van der Waals surface area contributed by atoms with Crippen LogP contribution in [0.1, 0.15) is 17.3 Å². The van der Waals surface area contributed by atoms with E-state index in [-0.39, 0.29) is 10.6 Å². The summed E-state index contributed by atoms with van der Waals surface area (Å²) in [4.78, 5) is 11.8. The summed E-state index contributed by atoms with van der Waals surface area (Å²) in [6.07, 6.45) is 0. The van der Waals surface area contributed by atoms with Crippen molar-refractivity contribution in [3.05, 3.63) is 47.0 Å². The maximum atomic E-state index is 12.0. The number of alkyl halides is 1. The molecule has 0 spiro atoms. The number of carbonyl (C=O) groups excluding carboxylic acids is 1. The minimum Gasteiger partial charge on any atom is -0.293 e. The summed E-state index contributed by atoms with van der Waals surface area (Å²) in [6, 6.07) is 11.2. The van der Waals surface area contributed by atoms with Crippen LogP contribution in [0.2, 0.25) is 5.02 Å². The standard InChI is InChI=1S/C13H10BrClO/c1-8(14)13(16)12-4-2-3-9-7-10(15)5-6-11(9)12/h2-8H,1H3. The van der Waals surface area contributed by atoms with E-state index in [1.807, 2.05) is 37.3 Å². The smallest absolute Gasteiger partial charge is 0.176 e. The fourth-order valence-electron chi connectivity index (χ4n) is 1.68. The third-order valence-corrected chi connectivity index (χ3v) is 3.12.